The number of benzene rings is 1. The van der Waals surface area contributed by atoms with Gasteiger partial charge in [0.25, 0.3) is 8.32 Å². The number of rotatable bonds is 5. The van der Waals surface area contributed by atoms with E-state index in [1.54, 1.807) is 0 Å². The van der Waals surface area contributed by atoms with Gasteiger partial charge < -0.3 is 9.16 Å². The number of Topliss-reactive ketones (excluding diaryl/α,β-unsaturated/α-hetero) is 1. The molecule has 0 spiro atoms. The summed E-state index contributed by atoms with van der Waals surface area (Å²) in [6, 6.07) is 3.80. The molecule has 1 heterocycles. The van der Waals surface area contributed by atoms with Crippen molar-refractivity contribution in [3.63, 3.8) is 0 Å². The van der Waals surface area contributed by atoms with Crippen LogP contribution in [0.5, 0.6) is 11.5 Å². The molecule has 0 N–H and O–H groups in total. The summed E-state index contributed by atoms with van der Waals surface area (Å²) in [5, 5.41) is 0. The number of carbonyl (C=O) groups excluding carboxylic acids is 1. The van der Waals surface area contributed by atoms with Gasteiger partial charge in [0, 0.05) is 6.07 Å². The van der Waals surface area contributed by atoms with Crippen LogP contribution in [0.1, 0.15) is 57.5 Å². The Balaban J connectivity index is 2.50. The largest absolute Gasteiger partial charge is 0.542 e. The molecular weight excluding hydrogens is 464 g/mol. The summed E-state index contributed by atoms with van der Waals surface area (Å²) in [5.41, 5.74) is 3.04. The number of alkyl halides is 2. The highest BCUT2D eigenvalue weighted by atomic mass is 79.9. The molecule has 25 heavy (non-hydrogen) atoms. The Kier molecular flexibility index (Phi) is 6.17. The number of hydrogen-bond acceptors (Lipinski definition) is 3. The van der Waals surface area contributed by atoms with E-state index in [0.717, 1.165) is 11.3 Å². The van der Waals surface area contributed by atoms with E-state index in [4.69, 9.17) is 9.16 Å². The van der Waals surface area contributed by atoms with Crippen LogP contribution in [0.2, 0.25) is 16.6 Å². The van der Waals surface area contributed by atoms with Crippen LogP contribution in [0.25, 0.3) is 0 Å². The third-order valence-electron chi connectivity index (χ3n) is 5.26. The topological polar surface area (TPSA) is 35.5 Å². The Morgan fingerprint density at radius 2 is 1.60 bits per heavy atom. The van der Waals surface area contributed by atoms with Gasteiger partial charge in [-0.3, -0.25) is 4.79 Å². The summed E-state index contributed by atoms with van der Waals surface area (Å²) in [5.74, 6) is 1.45. The first kappa shape index (κ1) is 21.0. The van der Waals surface area contributed by atoms with Crippen molar-refractivity contribution in [2.45, 2.75) is 68.3 Å². The number of aryl methyl sites for hydroxylation is 1. The van der Waals surface area contributed by atoms with Gasteiger partial charge in [-0.15, -0.1) is 0 Å². The molecule has 3 nitrogen and oxygen atoms in total. The lowest BCUT2D eigenvalue weighted by Gasteiger charge is -2.42. The van der Waals surface area contributed by atoms with Crippen LogP contribution < -0.4 is 9.16 Å². The van der Waals surface area contributed by atoms with Gasteiger partial charge in [0.05, 0.1) is 5.56 Å². The second kappa shape index (κ2) is 7.35. The van der Waals surface area contributed by atoms with Crippen molar-refractivity contribution in [2.75, 3.05) is 6.61 Å². The van der Waals surface area contributed by atoms with Gasteiger partial charge >= 0.3 is 0 Å². The molecule has 0 aliphatic carbocycles. The predicted molar refractivity (Wildman–Crippen MR) is 113 cm³/mol. The first-order valence-corrected chi connectivity index (χ1v) is 12.5. The second-order valence-corrected chi connectivity index (χ2v) is 17.0. The fourth-order valence-corrected chi connectivity index (χ4v) is 10.0. The van der Waals surface area contributed by atoms with Gasteiger partial charge in [-0.1, -0.05) is 73.4 Å². The molecule has 0 amide bonds. The first-order chi connectivity index (χ1) is 11.4. The normalized spacial score (nSPS) is 17.0. The summed E-state index contributed by atoms with van der Waals surface area (Å²) in [4.78, 5) is 12.6. The van der Waals surface area contributed by atoms with E-state index < -0.39 is 11.6 Å². The Labute approximate surface area is 169 Å². The summed E-state index contributed by atoms with van der Waals surface area (Å²) < 4.78 is 11.8. The summed E-state index contributed by atoms with van der Waals surface area (Å²) in [7, 11) is -2.05. The Morgan fingerprint density at radius 1 is 1.08 bits per heavy atom. The lowest BCUT2D eigenvalue weighted by molar-refractivity contribution is 0.0933. The maximum Gasteiger partial charge on any atom is 0.258 e. The molecule has 1 aromatic rings. The molecule has 2 rings (SSSR count). The van der Waals surface area contributed by atoms with E-state index >= 15 is 0 Å². The zero-order valence-corrected chi connectivity index (χ0v) is 20.2. The predicted octanol–water partition coefficient (Wildman–Crippen LogP) is 6.61. The molecule has 1 aliphatic heterocycles. The Bertz CT molecular complexity index is 647. The fourth-order valence-electron chi connectivity index (χ4n) is 4.05. The highest BCUT2D eigenvalue weighted by Gasteiger charge is 2.47. The molecule has 1 aliphatic rings. The highest BCUT2D eigenvalue weighted by molar-refractivity contribution is 9.26. The molecule has 0 saturated heterocycles. The highest BCUT2D eigenvalue weighted by Crippen LogP contribution is 2.46. The van der Waals surface area contributed by atoms with E-state index in [-0.39, 0.29) is 12.4 Å². The minimum Gasteiger partial charge on any atom is -0.542 e. The molecule has 6 heteroatoms. The van der Waals surface area contributed by atoms with Crippen LogP contribution in [0.3, 0.4) is 0 Å². The minimum absolute atomic E-state index is 0.0107. The van der Waals surface area contributed by atoms with Gasteiger partial charge in [-0.2, -0.15) is 0 Å². The number of fused-ring (bicyclic) bond motifs is 1. The monoisotopic (exact) mass is 490 g/mol. The first-order valence-electron chi connectivity index (χ1n) is 8.82. The van der Waals surface area contributed by atoms with Crippen LogP contribution in [0, 0.1) is 6.92 Å². The molecule has 0 fully saturated rings. The lowest BCUT2D eigenvalue weighted by atomic mass is 10.0. The average Bonchev–Trinajstić information content (AvgIpc) is 2.49. The molecule has 0 atom stereocenters. The van der Waals surface area contributed by atoms with Gasteiger partial charge in [0.15, 0.2) is 9.02 Å². The van der Waals surface area contributed by atoms with Gasteiger partial charge in [0.2, 0.25) is 0 Å². The van der Waals surface area contributed by atoms with Crippen molar-refractivity contribution in [3.05, 3.63) is 23.3 Å². The number of halogens is 2. The lowest BCUT2D eigenvalue weighted by Crippen LogP contribution is -2.50. The molecule has 0 saturated carbocycles. The van der Waals surface area contributed by atoms with Crippen molar-refractivity contribution < 1.29 is 14.0 Å². The molecule has 0 aromatic heterocycles. The van der Waals surface area contributed by atoms with Crippen molar-refractivity contribution in [3.8, 4) is 11.5 Å². The average molecular weight is 492 g/mol. The van der Waals surface area contributed by atoms with Crippen LogP contribution in [-0.2, 0) is 0 Å². The van der Waals surface area contributed by atoms with Crippen molar-refractivity contribution in [1.29, 1.82) is 0 Å². The van der Waals surface area contributed by atoms with E-state index in [9.17, 15) is 4.79 Å². The molecule has 0 unspecified atom stereocenters. The maximum atomic E-state index is 12.6. The fraction of sp³-hybridized carbons (Fsp3) is 0.632. The quantitative estimate of drug-likeness (QED) is 0.343. The van der Waals surface area contributed by atoms with Crippen molar-refractivity contribution in [1.82, 2.24) is 0 Å². The van der Waals surface area contributed by atoms with Crippen molar-refractivity contribution in [2.24, 2.45) is 0 Å². The van der Waals surface area contributed by atoms with Crippen molar-refractivity contribution >= 4 is 46.0 Å². The van der Waals surface area contributed by atoms with Gasteiger partial charge in [-0.25, -0.2) is 0 Å². The molecule has 140 valence electrons. The minimum atomic E-state index is -2.05. The molecular formula is C19H28Br2O3Si. The maximum absolute atomic E-state index is 12.6. The molecule has 1 aromatic carbocycles. The third-order valence-corrected chi connectivity index (χ3v) is 12.4. The van der Waals surface area contributed by atoms with Crippen LogP contribution >= 0.6 is 31.9 Å². The zero-order chi connectivity index (χ0) is 19.2. The zero-order valence-electron chi connectivity index (χ0n) is 16.1. The van der Waals surface area contributed by atoms with E-state index in [2.05, 4.69) is 73.4 Å². The molecule has 0 radical (unpaired) electrons. The summed E-state index contributed by atoms with van der Waals surface area (Å²) in [6.45, 7) is 15.9. The van der Waals surface area contributed by atoms with Gasteiger partial charge in [0.1, 0.15) is 18.1 Å². The van der Waals surface area contributed by atoms with Crippen LogP contribution in [-0.4, -0.2) is 23.9 Å². The van der Waals surface area contributed by atoms with Crippen LogP contribution in [0.4, 0.5) is 0 Å². The van der Waals surface area contributed by atoms with Crippen LogP contribution in [0.15, 0.2) is 12.1 Å². The van der Waals surface area contributed by atoms with Gasteiger partial charge in [-0.05, 0) is 35.2 Å². The Hall–Kier alpha value is -0.333. The summed E-state index contributed by atoms with van der Waals surface area (Å²) in [6.07, 6.45) is 0. The number of carbonyl (C=O) groups is 1. The molecule has 0 bridgehead atoms. The third kappa shape index (κ3) is 3.72. The van der Waals surface area contributed by atoms with E-state index in [1.165, 1.54) is 0 Å². The smallest absolute Gasteiger partial charge is 0.258 e. The summed E-state index contributed by atoms with van der Waals surface area (Å²) >= 11 is 6.79. The number of ketones is 1. The number of ether oxygens (including phenoxy) is 1. The van der Waals surface area contributed by atoms with E-state index in [0.29, 0.717) is 27.9 Å². The standard InChI is InChI=1S/C19H28Br2O3Si/c1-11(2)25(12(3)4,13(5)6)24-16-9-17-15(8-14(16)7)18(22)19(20,21)10-23-17/h8-9,11-13H,10H2,1-7H3. The van der Waals surface area contributed by atoms with E-state index in [1.807, 2.05) is 19.1 Å². The Morgan fingerprint density at radius 3 is 2.08 bits per heavy atom. The number of hydrogen-bond donors (Lipinski definition) is 0. The second-order valence-electron chi connectivity index (χ2n) is 7.86. The SMILES string of the molecule is Cc1cc2c(cc1O[Si](C(C)C)(C(C)C)C(C)C)OCC(Br)(Br)C2=O.